The van der Waals surface area contributed by atoms with Crippen LogP contribution in [0.3, 0.4) is 0 Å². The summed E-state index contributed by atoms with van der Waals surface area (Å²) in [5.74, 6) is -1.000. The molecule has 0 aromatic rings. The summed E-state index contributed by atoms with van der Waals surface area (Å²) in [4.78, 5) is 23.0. The molecule has 0 amide bonds. The van der Waals surface area contributed by atoms with Crippen LogP contribution in [0, 0.1) is 11.3 Å². The van der Waals surface area contributed by atoms with Crippen molar-refractivity contribution in [3.8, 4) is 0 Å². The van der Waals surface area contributed by atoms with Gasteiger partial charge in [0.25, 0.3) is 0 Å². The Hall–Kier alpha value is -0.700. The lowest BCUT2D eigenvalue weighted by Crippen LogP contribution is -2.42. The van der Waals surface area contributed by atoms with Crippen LogP contribution in [0.15, 0.2) is 0 Å². The molecule has 1 aliphatic rings. The van der Waals surface area contributed by atoms with Gasteiger partial charge in [0, 0.05) is 12.8 Å². The number of hydrogen-bond acceptors (Lipinski definition) is 3. The van der Waals surface area contributed by atoms with Gasteiger partial charge in [-0.05, 0) is 12.3 Å². The third kappa shape index (κ3) is 2.15. The van der Waals surface area contributed by atoms with E-state index in [0.717, 1.165) is 0 Å². The first kappa shape index (κ1) is 10.4. The lowest BCUT2D eigenvalue weighted by molar-refractivity contribution is -0.143. The van der Waals surface area contributed by atoms with Crippen LogP contribution < -0.4 is 0 Å². The Morgan fingerprint density at radius 2 is 1.69 bits per heavy atom. The minimum Gasteiger partial charge on any atom is -0.392 e. The summed E-state index contributed by atoms with van der Waals surface area (Å²) in [5, 5.41) is 9.25. The van der Waals surface area contributed by atoms with Gasteiger partial charge in [0.1, 0.15) is 17.5 Å². The Labute approximate surface area is 78.1 Å². The number of carbonyl (C=O) groups is 2. The smallest absolute Gasteiger partial charge is 0.146 e. The molecule has 0 bridgehead atoms. The van der Waals surface area contributed by atoms with Crippen LogP contribution in [0.4, 0.5) is 0 Å². The van der Waals surface area contributed by atoms with Gasteiger partial charge in [-0.15, -0.1) is 0 Å². The van der Waals surface area contributed by atoms with Gasteiger partial charge in [0.05, 0.1) is 6.10 Å². The molecule has 1 atom stereocenters. The maximum Gasteiger partial charge on any atom is 0.146 e. The van der Waals surface area contributed by atoms with Crippen molar-refractivity contribution in [2.45, 2.75) is 39.7 Å². The van der Waals surface area contributed by atoms with E-state index in [-0.39, 0.29) is 17.0 Å². The van der Waals surface area contributed by atoms with Crippen molar-refractivity contribution in [1.29, 1.82) is 0 Å². The van der Waals surface area contributed by atoms with E-state index < -0.39 is 12.0 Å². The van der Waals surface area contributed by atoms with E-state index in [4.69, 9.17) is 0 Å². The van der Waals surface area contributed by atoms with Crippen LogP contribution in [0.1, 0.15) is 33.6 Å². The van der Waals surface area contributed by atoms with Crippen molar-refractivity contribution in [3.05, 3.63) is 0 Å². The molecule has 1 aliphatic carbocycles. The van der Waals surface area contributed by atoms with Crippen LogP contribution in [0.25, 0.3) is 0 Å². The fourth-order valence-electron chi connectivity index (χ4n) is 1.94. The van der Waals surface area contributed by atoms with Gasteiger partial charge in [0.2, 0.25) is 0 Å². The Balaban J connectivity index is 2.83. The molecule has 1 saturated carbocycles. The molecule has 0 aromatic carbocycles. The summed E-state index contributed by atoms with van der Waals surface area (Å²) < 4.78 is 0. The number of rotatable bonds is 1. The summed E-state index contributed by atoms with van der Waals surface area (Å²) in [6.45, 7) is 5.31. The number of Topliss-reactive ketones (excluding diaryl/α,β-unsaturated/α-hetero) is 2. The highest BCUT2D eigenvalue weighted by atomic mass is 16.3. The van der Waals surface area contributed by atoms with Gasteiger partial charge < -0.3 is 5.11 Å². The number of carbonyl (C=O) groups excluding carboxylic acids is 2. The normalized spacial score (nSPS) is 26.2. The molecule has 74 valence electrons. The number of hydrogen-bond donors (Lipinski definition) is 1. The Kier molecular flexibility index (Phi) is 2.57. The lowest BCUT2D eigenvalue weighted by atomic mass is 9.70. The SMILES string of the molecule is CC(O)C1C(=O)CC(C)(C)CC1=O. The van der Waals surface area contributed by atoms with Gasteiger partial charge in [-0.3, -0.25) is 9.59 Å². The Morgan fingerprint density at radius 1 is 1.31 bits per heavy atom. The first-order valence-corrected chi connectivity index (χ1v) is 4.57. The highest BCUT2D eigenvalue weighted by Crippen LogP contribution is 2.34. The standard InChI is InChI=1S/C10H16O3/c1-6(11)9-7(12)4-10(2,3)5-8(9)13/h6,9,11H,4-5H2,1-3H3. The van der Waals surface area contributed by atoms with E-state index in [1.165, 1.54) is 6.92 Å². The van der Waals surface area contributed by atoms with E-state index in [1.807, 2.05) is 13.8 Å². The largest absolute Gasteiger partial charge is 0.392 e. The molecule has 13 heavy (non-hydrogen) atoms. The lowest BCUT2D eigenvalue weighted by Gasteiger charge is -2.32. The molecule has 1 unspecified atom stereocenters. The van der Waals surface area contributed by atoms with Crippen LogP contribution in [0.2, 0.25) is 0 Å². The molecule has 0 aromatic heterocycles. The van der Waals surface area contributed by atoms with Crippen LogP contribution >= 0.6 is 0 Å². The van der Waals surface area contributed by atoms with E-state index in [9.17, 15) is 14.7 Å². The minimum atomic E-state index is -0.837. The second-order valence-electron chi connectivity index (χ2n) is 4.67. The summed E-state index contributed by atoms with van der Waals surface area (Å²) in [7, 11) is 0. The third-order valence-electron chi connectivity index (χ3n) is 2.48. The van der Waals surface area contributed by atoms with Crippen molar-refractivity contribution < 1.29 is 14.7 Å². The van der Waals surface area contributed by atoms with Gasteiger partial charge in [-0.25, -0.2) is 0 Å². The molecule has 0 saturated heterocycles. The van der Waals surface area contributed by atoms with Gasteiger partial charge in [-0.2, -0.15) is 0 Å². The molecule has 3 nitrogen and oxygen atoms in total. The average molecular weight is 184 g/mol. The summed E-state index contributed by atoms with van der Waals surface area (Å²) >= 11 is 0. The van der Waals surface area contributed by atoms with Crippen molar-refractivity contribution in [1.82, 2.24) is 0 Å². The van der Waals surface area contributed by atoms with Crippen molar-refractivity contribution in [2.24, 2.45) is 11.3 Å². The number of aliphatic hydroxyl groups is 1. The van der Waals surface area contributed by atoms with Crippen LogP contribution in [-0.2, 0) is 9.59 Å². The van der Waals surface area contributed by atoms with Gasteiger partial charge in [-0.1, -0.05) is 13.8 Å². The maximum atomic E-state index is 11.5. The number of aliphatic hydroxyl groups excluding tert-OH is 1. The molecule has 0 spiro atoms. The second kappa shape index (κ2) is 3.22. The van der Waals surface area contributed by atoms with Gasteiger partial charge in [0.15, 0.2) is 0 Å². The Morgan fingerprint density at radius 3 is 2.00 bits per heavy atom. The van der Waals surface area contributed by atoms with E-state index >= 15 is 0 Å². The predicted octanol–water partition coefficient (Wildman–Crippen LogP) is 0.942. The highest BCUT2D eigenvalue weighted by Gasteiger charge is 2.41. The fraction of sp³-hybridized carbons (Fsp3) is 0.800. The Bertz CT molecular complexity index is 221. The molecule has 1 N–H and O–H groups in total. The van der Waals surface area contributed by atoms with E-state index in [1.54, 1.807) is 0 Å². The second-order valence-corrected chi connectivity index (χ2v) is 4.67. The molecule has 1 rings (SSSR count). The zero-order valence-corrected chi connectivity index (χ0v) is 8.33. The fourth-order valence-corrected chi connectivity index (χ4v) is 1.94. The zero-order valence-electron chi connectivity index (χ0n) is 8.33. The maximum absolute atomic E-state index is 11.5. The minimum absolute atomic E-state index is 0.115. The molecule has 0 aliphatic heterocycles. The molecule has 3 heteroatoms. The van der Waals surface area contributed by atoms with Crippen LogP contribution in [0.5, 0.6) is 0 Å². The monoisotopic (exact) mass is 184 g/mol. The quantitative estimate of drug-likeness (QED) is 0.617. The molecule has 0 heterocycles. The van der Waals surface area contributed by atoms with Crippen molar-refractivity contribution >= 4 is 11.6 Å². The highest BCUT2D eigenvalue weighted by molar-refractivity contribution is 6.05. The summed E-state index contributed by atoms with van der Waals surface area (Å²) in [5.41, 5.74) is -0.223. The third-order valence-corrected chi connectivity index (χ3v) is 2.48. The number of ketones is 2. The van der Waals surface area contributed by atoms with Crippen molar-refractivity contribution in [3.63, 3.8) is 0 Å². The predicted molar refractivity (Wildman–Crippen MR) is 48.2 cm³/mol. The average Bonchev–Trinajstić information content (AvgIpc) is 1.78. The van der Waals surface area contributed by atoms with Crippen molar-refractivity contribution in [2.75, 3.05) is 0 Å². The molecular weight excluding hydrogens is 168 g/mol. The van der Waals surface area contributed by atoms with Gasteiger partial charge >= 0.3 is 0 Å². The molecular formula is C10H16O3. The van der Waals surface area contributed by atoms with E-state index in [0.29, 0.717) is 12.8 Å². The van der Waals surface area contributed by atoms with Crippen LogP contribution in [-0.4, -0.2) is 22.8 Å². The van der Waals surface area contributed by atoms with E-state index in [2.05, 4.69) is 0 Å². The zero-order chi connectivity index (χ0) is 10.2. The first-order chi connectivity index (χ1) is 5.83. The molecule has 1 fully saturated rings. The summed E-state index contributed by atoms with van der Waals surface area (Å²) in [6.07, 6.45) is -0.0427. The summed E-state index contributed by atoms with van der Waals surface area (Å²) in [6, 6.07) is 0. The topological polar surface area (TPSA) is 54.4 Å². The molecule has 0 radical (unpaired) electrons. The first-order valence-electron chi connectivity index (χ1n) is 4.57.